The maximum absolute atomic E-state index is 10.0. The third-order valence-corrected chi connectivity index (χ3v) is 1.98. The fourth-order valence-electron chi connectivity index (χ4n) is 1.47. The van der Waals surface area contributed by atoms with E-state index in [1.807, 2.05) is 26.7 Å². The van der Waals surface area contributed by atoms with Gasteiger partial charge in [0.05, 0.1) is 12.7 Å². The number of nitrogens with zero attached hydrogens (tertiary/aromatic N) is 1. The van der Waals surface area contributed by atoms with Gasteiger partial charge in [-0.2, -0.15) is 13.8 Å². The summed E-state index contributed by atoms with van der Waals surface area (Å²) in [5.74, 6) is 0. The Kier molecular flexibility index (Phi) is 8.45. The molecule has 16 heavy (non-hydrogen) atoms. The second-order valence-corrected chi connectivity index (χ2v) is 3.28. The maximum Gasteiger partial charge on any atom is 0.294 e. The molecule has 0 N–H and O–H groups in total. The van der Waals surface area contributed by atoms with Gasteiger partial charge >= 0.3 is 0 Å². The molecule has 6 nitrogen and oxygen atoms in total. The van der Waals surface area contributed by atoms with Crippen LogP contribution in [0.15, 0.2) is 0 Å². The average Bonchev–Trinajstić information content (AvgIpc) is 2.70. The van der Waals surface area contributed by atoms with Crippen molar-refractivity contribution in [1.82, 2.24) is 0 Å². The van der Waals surface area contributed by atoms with Crippen molar-refractivity contribution in [2.24, 2.45) is 0 Å². The van der Waals surface area contributed by atoms with Crippen LogP contribution < -0.4 is 0 Å². The monoisotopic (exact) mass is 306 g/mol. The Hall–Kier alpha value is 0.224. The second-order valence-electron chi connectivity index (χ2n) is 3.28. The molecule has 2 aliphatic heterocycles. The van der Waals surface area contributed by atoms with Gasteiger partial charge in [0.25, 0.3) is 5.09 Å². The molecule has 2 rings (SSSR count). The zero-order valence-corrected chi connectivity index (χ0v) is 12.2. The van der Waals surface area contributed by atoms with Gasteiger partial charge in [-0.25, -0.2) is 0 Å². The van der Waals surface area contributed by atoms with Gasteiger partial charge < -0.3 is 20.7 Å². The predicted octanol–water partition coefficient (Wildman–Crippen LogP) is 0.793. The topological polar surface area (TPSA) is 70.8 Å². The van der Waals surface area contributed by atoms with Gasteiger partial charge in [0.1, 0.15) is 0 Å². The van der Waals surface area contributed by atoms with Crippen molar-refractivity contribution in [3.05, 3.63) is 23.0 Å². The Morgan fingerprint density at radius 2 is 2.12 bits per heavy atom. The van der Waals surface area contributed by atoms with Crippen LogP contribution in [-0.4, -0.2) is 36.6 Å². The van der Waals surface area contributed by atoms with Crippen molar-refractivity contribution in [2.75, 3.05) is 13.2 Å². The van der Waals surface area contributed by atoms with E-state index in [2.05, 4.69) is 4.84 Å². The van der Waals surface area contributed by atoms with Gasteiger partial charge in [-0.1, -0.05) is 6.61 Å². The van der Waals surface area contributed by atoms with Crippen LogP contribution in [0.4, 0.5) is 0 Å². The van der Waals surface area contributed by atoms with Crippen LogP contribution >= 0.6 is 0 Å². The molecule has 0 aliphatic carbocycles. The molecule has 1 radical (unpaired) electrons. The van der Waals surface area contributed by atoms with E-state index < -0.39 is 11.2 Å². The molecular weight excluding hydrogens is 291 g/mol. The molecule has 3 atom stereocenters. The number of ether oxygens (including phenoxy) is 2. The summed E-state index contributed by atoms with van der Waals surface area (Å²) in [6.07, 6.45) is 2.85. The molecule has 2 heterocycles. The van der Waals surface area contributed by atoms with Crippen molar-refractivity contribution < 1.29 is 52.1 Å². The Morgan fingerprint density at radius 1 is 1.50 bits per heavy atom. The fraction of sp³-hybridized carbons (Fsp3) is 0.778. The molecule has 0 aromatic carbocycles. The van der Waals surface area contributed by atoms with Crippen LogP contribution in [0.1, 0.15) is 13.8 Å². The largest absolute Gasteiger partial charge is 0.408 e. The molecule has 0 saturated carbocycles. The van der Waals surface area contributed by atoms with Crippen LogP contribution in [0, 0.1) is 23.0 Å². The van der Waals surface area contributed by atoms with E-state index in [0.717, 1.165) is 0 Å². The van der Waals surface area contributed by atoms with Gasteiger partial charge in [-0.05, 0) is 6.10 Å². The van der Waals surface area contributed by atoms with Gasteiger partial charge in [0, 0.05) is 32.7 Å². The van der Waals surface area contributed by atoms with Crippen molar-refractivity contribution in [1.29, 1.82) is 0 Å². The van der Waals surface area contributed by atoms with Crippen LogP contribution in [0.25, 0.3) is 0 Å². The molecule has 0 spiro atoms. The maximum atomic E-state index is 10.0. The normalized spacial score (nSPS) is 30.8. The number of hydrogen-bond acceptors (Lipinski definition) is 5. The summed E-state index contributed by atoms with van der Waals surface area (Å²) in [5.41, 5.74) is 0. The summed E-state index contributed by atoms with van der Waals surface area (Å²) in [7, 11) is 0. The van der Waals surface area contributed by atoms with E-state index >= 15 is 0 Å². The third kappa shape index (κ3) is 4.61. The predicted molar refractivity (Wildman–Crippen MR) is 51.3 cm³/mol. The minimum absolute atomic E-state index is 0. The molecule has 0 aromatic rings. The van der Waals surface area contributed by atoms with Gasteiger partial charge in [-0.15, -0.1) is 10.1 Å². The summed E-state index contributed by atoms with van der Waals surface area (Å²) in [4.78, 5) is 14.4. The van der Waals surface area contributed by atoms with E-state index in [-0.39, 0.29) is 51.5 Å². The first-order valence-electron chi connectivity index (χ1n) is 4.80. The summed E-state index contributed by atoms with van der Waals surface area (Å²) in [6.45, 7) is 4.71. The Labute approximate surface area is 120 Å². The van der Waals surface area contributed by atoms with E-state index in [4.69, 9.17) is 9.47 Å². The summed E-state index contributed by atoms with van der Waals surface area (Å²) in [5, 5.41) is 9.20. The quantitative estimate of drug-likeness (QED) is 0.428. The van der Waals surface area contributed by atoms with Crippen LogP contribution in [0.5, 0.6) is 0 Å². The zero-order valence-electron chi connectivity index (χ0n) is 9.37. The van der Waals surface area contributed by atoms with Crippen LogP contribution in [-0.2, 0) is 47.0 Å². The second kappa shape index (κ2) is 8.33. The molecule has 0 aromatic heterocycles. The first-order valence-corrected chi connectivity index (χ1v) is 4.80. The number of rotatable bonds is 2. The van der Waals surface area contributed by atoms with Gasteiger partial charge in [0.2, 0.25) is 0 Å². The third-order valence-electron chi connectivity index (χ3n) is 1.98. The first kappa shape index (κ1) is 16.2. The number of hydrogen-bond donors (Lipinski definition) is 0. The van der Waals surface area contributed by atoms with Crippen LogP contribution in [0.3, 0.4) is 0 Å². The molecule has 2 saturated heterocycles. The molecule has 0 bridgehead atoms. The summed E-state index contributed by atoms with van der Waals surface area (Å²) >= 11 is 0. The SMILES string of the molecule is C[CH-]C.O=[N+]([O-])O[C@@H]1COC2[CH-]COC21.[Y]. The van der Waals surface area contributed by atoms with Crippen molar-refractivity contribution in [3.8, 4) is 0 Å². The molecular formula is C9H15NO5Y-2. The summed E-state index contributed by atoms with van der Waals surface area (Å²) < 4.78 is 10.4. The molecule has 7 heteroatoms. The molecule has 91 valence electrons. The zero-order chi connectivity index (χ0) is 11.3. The van der Waals surface area contributed by atoms with E-state index in [1.54, 1.807) is 0 Å². The standard InChI is InChI=1S/C6H8NO5.C3H7.Y/c8-7(9)12-5-3-11-4-1-2-10-6(4)5;1-3-2;/h1,4-6H,2-3H2;3H,1-2H3;/q2*-1;/t4?,5-,6?;;/m1../s1. The smallest absolute Gasteiger partial charge is 0.294 e. The molecule has 2 aliphatic rings. The van der Waals surface area contributed by atoms with Crippen LogP contribution in [0.2, 0.25) is 0 Å². The summed E-state index contributed by atoms with van der Waals surface area (Å²) in [6, 6.07) is 0. The van der Waals surface area contributed by atoms with Crippen molar-refractivity contribution in [2.45, 2.75) is 32.2 Å². The minimum Gasteiger partial charge on any atom is -0.408 e. The van der Waals surface area contributed by atoms with E-state index in [1.165, 1.54) is 0 Å². The minimum atomic E-state index is -0.807. The molecule has 0 amide bonds. The fourth-order valence-corrected chi connectivity index (χ4v) is 1.47. The van der Waals surface area contributed by atoms with E-state index in [0.29, 0.717) is 6.61 Å². The van der Waals surface area contributed by atoms with Gasteiger partial charge in [0.15, 0.2) is 6.10 Å². The van der Waals surface area contributed by atoms with Gasteiger partial charge in [-0.3, -0.25) is 6.42 Å². The Morgan fingerprint density at radius 3 is 2.69 bits per heavy atom. The van der Waals surface area contributed by atoms with Crippen molar-refractivity contribution >= 4 is 0 Å². The number of fused-ring (bicyclic) bond motifs is 1. The Balaban J connectivity index is 0.000000511. The van der Waals surface area contributed by atoms with Crippen molar-refractivity contribution in [3.63, 3.8) is 0 Å². The first-order chi connectivity index (χ1) is 7.19. The molecule has 2 fully saturated rings. The molecule has 2 unspecified atom stereocenters. The van der Waals surface area contributed by atoms with E-state index in [9.17, 15) is 10.1 Å². The Bertz CT molecular complexity index is 216. The average molecular weight is 306 g/mol.